The lowest BCUT2D eigenvalue weighted by atomic mass is 10.1. The Bertz CT molecular complexity index is 564. The number of aryl methyl sites for hydroxylation is 1. The van der Waals surface area contributed by atoms with E-state index in [-0.39, 0.29) is 11.5 Å². The molecule has 0 aliphatic rings. The van der Waals surface area contributed by atoms with Crippen LogP contribution in [-0.2, 0) is 39.6 Å². The van der Waals surface area contributed by atoms with Crippen LogP contribution in [0.15, 0.2) is 24.3 Å². The summed E-state index contributed by atoms with van der Waals surface area (Å²) in [6, 6.07) is 7.09. The molecule has 190 valence electrons. The van der Waals surface area contributed by atoms with Gasteiger partial charge in [0.05, 0.1) is 72.7 Å². The van der Waals surface area contributed by atoms with Gasteiger partial charge in [0.15, 0.2) is 0 Å². The number of aromatic hydroxyl groups is 1. The van der Waals surface area contributed by atoms with E-state index in [0.717, 1.165) is 31.4 Å². The molecule has 1 N–H and O–H groups in total. The summed E-state index contributed by atoms with van der Waals surface area (Å²) >= 11 is 0. The van der Waals surface area contributed by atoms with E-state index in [0.29, 0.717) is 85.5 Å². The summed E-state index contributed by atoms with van der Waals surface area (Å²) < 4.78 is 32.4. The number of carbonyl (C=O) groups is 1. The van der Waals surface area contributed by atoms with Crippen LogP contribution in [0.25, 0.3) is 0 Å². The van der Waals surface area contributed by atoms with Crippen molar-refractivity contribution in [3.05, 3.63) is 29.8 Å². The van der Waals surface area contributed by atoms with Gasteiger partial charge >= 0.3 is 0 Å². The van der Waals surface area contributed by atoms with Crippen LogP contribution < -0.4 is 0 Å². The molecule has 0 saturated carbocycles. The van der Waals surface area contributed by atoms with Gasteiger partial charge in [0.1, 0.15) is 11.5 Å². The SMILES string of the molecule is CCCOCCOCCOCCOCCOCCOCCC(=O)CCCc1ccc(O)cc1. The first kappa shape index (κ1) is 29.5. The third kappa shape index (κ3) is 19.6. The Kier molecular flexibility index (Phi) is 19.9. The molecule has 0 saturated heterocycles. The summed E-state index contributed by atoms with van der Waals surface area (Å²) in [6.07, 6.45) is 3.63. The van der Waals surface area contributed by atoms with Crippen LogP contribution in [0.2, 0.25) is 0 Å². The fourth-order valence-electron chi connectivity index (χ4n) is 2.81. The third-order valence-corrected chi connectivity index (χ3v) is 4.59. The third-order valence-electron chi connectivity index (χ3n) is 4.59. The first-order valence-electron chi connectivity index (χ1n) is 12.0. The molecule has 8 heteroatoms. The minimum atomic E-state index is 0.206. The van der Waals surface area contributed by atoms with E-state index >= 15 is 0 Å². The van der Waals surface area contributed by atoms with E-state index in [1.54, 1.807) is 12.1 Å². The summed E-state index contributed by atoms with van der Waals surface area (Å²) in [5.41, 5.74) is 1.12. The van der Waals surface area contributed by atoms with Crippen LogP contribution in [0, 0.1) is 0 Å². The van der Waals surface area contributed by atoms with Crippen molar-refractivity contribution in [2.24, 2.45) is 0 Å². The molecular weight excluding hydrogens is 428 g/mol. The Hall–Kier alpha value is -1.55. The van der Waals surface area contributed by atoms with Gasteiger partial charge in [-0.2, -0.15) is 0 Å². The predicted molar refractivity (Wildman–Crippen MR) is 126 cm³/mol. The van der Waals surface area contributed by atoms with E-state index in [1.807, 2.05) is 12.1 Å². The summed E-state index contributed by atoms with van der Waals surface area (Å²) in [5.74, 6) is 0.466. The maximum Gasteiger partial charge on any atom is 0.135 e. The highest BCUT2D eigenvalue weighted by Gasteiger charge is 2.03. The molecule has 0 atom stereocenters. The fourth-order valence-corrected chi connectivity index (χ4v) is 2.81. The summed E-state index contributed by atoms with van der Waals surface area (Å²) in [7, 11) is 0. The van der Waals surface area contributed by atoms with Crippen molar-refractivity contribution in [2.75, 3.05) is 79.3 Å². The number of phenolic OH excluding ortho intramolecular Hbond substituents is 1. The molecule has 0 aliphatic carbocycles. The molecule has 0 aliphatic heterocycles. The van der Waals surface area contributed by atoms with Gasteiger partial charge in [0.2, 0.25) is 0 Å². The quantitative estimate of drug-likeness (QED) is 0.230. The smallest absolute Gasteiger partial charge is 0.135 e. The zero-order chi connectivity index (χ0) is 23.8. The minimum Gasteiger partial charge on any atom is -0.508 e. The maximum atomic E-state index is 11.9. The number of benzene rings is 1. The van der Waals surface area contributed by atoms with Gasteiger partial charge in [-0.25, -0.2) is 0 Å². The van der Waals surface area contributed by atoms with E-state index in [9.17, 15) is 9.90 Å². The van der Waals surface area contributed by atoms with Gasteiger partial charge in [0, 0.05) is 19.4 Å². The molecule has 0 radical (unpaired) electrons. The lowest BCUT2D eigenvalue weighted by Crippen LogP contribution is -2.14. The zero-order valence-electron chi connectivity index (χ0n) is 20.1. The second-order valence-corrected chi connectivity index (χ2v) is 7.48. The molecule has 0 aromatic heterocycles. The Balaban J connectivity index is 1.74. The van der Waals surface area contributed by atoms with Gasteiger partial charge in [-0.3, -0.25) is 4.79 Å². The van der Waals surface area contributed by atoms with E-state index in [2.05, 4.69) is 6.92 Å². The number of hydrogen-bond acceptors (Lipinski definition) is 8. The minimum absolute atomic E-state index is 0.206. The van der Waals surface area contributed by atoms with Crippen molar-refractivity contribution >= 4 is 5.78 Å². The Morgan fingerprint density at radius 2 is 1.06 bits per heavy atom. The molecule has 1 aromatic rings. The molecule has 1 aromatic carbocycles. The molecular formula is C25H42O8. The average molecular weight is 471 g/mol. The van der Waals surface area contributed by atoms with Crippen molar-refractivity contribution in [2.45, 2.75) is 39.0 Å². The zero-order valence-corrected chi connectivity index (χ0v) is 20.1. The number of Topliss-reactive ketones (excluding diaryl/α,β-unsaturated/α-hetero) is 1. The first-order valence-corrected chi connectivity index (χ1v) is 12.0. The summed E-state index contributed by atoms with van der Waals surface area (Å²) in [5, 5.41) is 9.26. The molecule has 0 amide bonds. The molecule has 1 rings (SSSR count). The fraction of sp³-hybridized carbons (Fsp3) is 0.720. The van der Waals surface area contributed by atoms with Gasteiger partial charge in [-0.15, -0.1) is 0 Å². The normalized spacial score (nSPS) is 11.2. The predicted octanol–water partition coefficient (Wildman–Crippen LogP) is 3.18. The lowest BCUT2D eigenvalue weighted by Gasteiger charge is -2.08. The van der Waals surface area contributed by atoms with Crippen molar-refractivity contribution in [1.82, 2.24) is 0 Å². The number of hydrogen-bond donors (Lipinski definition) is 1. The molecule has 0 fully saturated rings. The molecule has 0 unspecified atom stereocenters. The number of phenols is 1. The number of carbonyl (C=O) groups excluding carboxylic acids is 1. The Morgan fingerprint density at radius 1 is 0.636 bits per heavy atom. The van der Waals surface area contributed by atoms with Crippen molar-refractivity contribution in [3.8, 4) is 5.75 Å². The van der Waals surface area contributed by atoms with Crippen LogP contribution in [0.4, 0.5) is 0 Å². The second kappa shape index (κ2) is 22.3. The number of rotatable bonds is 24. The molecule has 0 bridgehead atoms. The van der Waals surface area contributed by atoms with Crippen molar-refractivity contribution in [1.29, 1.82) is 0 Å². The van der Waals surface area contributed by atoms with Crippen LogP contribution in [-0.4, -0.2) is 90.2 Å². The van der Waals surface area contributed by atoms with Crippen molar-refractivity contribution in [3.63, 3.8) is 0 Å². The monoisotopic (exact) mass is 470 g/mol. The highest BCUT2D eigenvalue weighted by Crippen LogP contribution is 2.12. The van der Waals surface area contributed by atoms with Crippen molar-refractivity contribution < 1.29 is 38.3 Å². The average Bonchev–Trinajstić information content (AvgIpc) is 2.82. The first-order chi connectivity index (χ1) is 16.2. The van der Waals surface area contributed by atoms with E-state index in [4.69, 9.17) is 28.4 Å². The summed E-state index contributed by atoms with van der Waals surface area (Å²) in [4.78, 5) is 11.9. The standard InChI is InChI=1S/C25H42O8/c1-2-11-28-13-15-30-17-19-32-21-22-33-20-18-31-16-14-29-12-10-24(26)5-3-4-23-6-8-25(27)9-7-23/h6-9,27H,2-5,10-22H2,1H3. The topological polar surface area (TPSA) is 92.7 Å². The summed E-state index contributed by atoms with van der Waals surface area (Å²) in [6.45, 7) is 8.62. The van der Waals surface area contributed by atoms with Crippen LogP contribution in [0.5, 0.6) is 5.75 Å². The van der Waals surface area contributed by atoms with Crippen LogP contribution >= 0.6 is 0 Å². The van der Waals surface area contributed by atoms with Gasteiger partial charge < -0.3 is 33.5 Å². The lowest BCUT2D eigenvalue weighted by molar-refractivity contribution is -0.120. The Labute approximate surface area is 198 Å². The van der Waals surface area contributed by atoms with Gasteiger partial charge in [0.25, 0.3) is 0 Å². The van der Waals surface area contributed by atoms with Gasteiger partial charge in [-0.05, 0) is 37.0 Å². The van der Waals surface area contributed by atoms with E-state index < -0.39 is 0 Å². The number of ketones is 1. The van der Waals surface area contributed by atoms with E-state index in [1.165, 1.54) is 0 Å². The largest absolute Gasteiger partial charge is 0.508 e. The maximum absolute atomic E-state index is 11.9. The van der Waals surface area contributed by atoms with Gasteiger partial charge in [-0.1, -0.05) is 19.1 Å². The highest BCUT2D eigenvalue weighted by atomic mass is 16.6. The molecule has 8 nitrogen and oxygen atoms in total. The Morgan fingerprint density at radius 3 is 1.52 bits per heavy atom. The molecule has 33 heavy (non-hydrogen) atoms. The highest BCUT2D eigenvalue weighted by molar-refractivity contribution is 5.78. The second-order valence-electron chi connectivity index (χ2n) is 7.48. The molecule has 0 heterocycles. The van der Waals surface area contributed by atoms with Crippen LogP contribution in [0.3, 0.4) is 0 Å². The molecule has 0 spiro atoms. The van der Waals surface area contributed by atoms with Crippen LogP contribution in [0.1, 0.15) is 38.2 Å². The number of ether oxygens (including phenoxy) is 6.